The van der Waals surface area contributed by atoms with Crippen LogP contribution in [0.5, 0.6) is 0 Å². The Kier molecular flexibility index (Phi) is 4.46. The summed E-state index contributed by atoms with van der Waals surface area (Å²) in [5.74, 6) is -0.165. The van der Waals surface area contributed by atoms with Crippen LogP contribution in [0.4, 0.5) is 9.52 Å². The van der Waals surface area contributed by atoms with Crippen LogP contribution in [0.25, 0.3) is 10.2 Å². The molecule has 0 spiro atoms. The summed E-state index contributed by atoms with van der Waals surface area (Å²) in [6.07, 6.45) is 4.49. The molecule has 2 aliphatic heterocycles. The molecule has 6 heteroatoms. The van der Waals surface area contributed by atoms with Crippen LogP contribution in [0.2, 0.25) is 0 Å². The maximum atomic E-state index is 13.8. The number of thiazole rings is 1. The molecule has 1 aromatic heterocycles. The Morgan fingerprint density at radius 1 is 1.13 bits per heavy atom. The van der Waals surface area contributed by atoms with Crippen molar-refractivity contribution in [2.24, 2.45) is 0 Å². The predicted octanol–water partition coefficient (Wildman–Crippen LogP) is 3.17. The predicted molar refractivity (Wildman–Crippen MR) is 91.8 cm³/mol. The zero-order chi connectivity index (χ0) is 15.6. The number of anilines is 1. The van der Waals surface area contributed by atoms with Gasteiger partial charge in [0, 0.05) is 38.4 Å². The highest BCUT2D eigenvalue weighted by atomic mass is 32.1. The first-order valence-corrected chi connectivity index (χ1v) is 9.25. The number of piperidine rings is 1. The van der Waals surface area contributed by atoms with E-state index < -0.39 is 0 Å². The summed E-state index contributed by atoms with van der Waals surface area (Å²) in [5.41, 5.74) is 0.771. The molecular weight excluding hydrogens is 313 g/mol. The lowest BCUT2D eigenvalue weighted by molar-refractivity contribution is 0.0738. The number of nitrogens with zero attached hydrogens (tertiary/aromatic N) is 2. The van der Waals surface area contributed by atoms with E-state index in [0.717, 1.165) is 62.6 Å². The van der Waals surface area contributed by atoms with Gasteiger partial charge in [0.25, 0.3) is 0 Å². The molecule has 0 radical (unpaired) electrons. The molecule has 3 heterocycles. The lowest BCUT2D eigenvalue weighted by atomic mass is 10.0. The van der Waals surface area contributed by atoms with Crippen molar-refractivity contribution in [2.75, 3.05) is 31.2 Å². The van der Waals surface area contributed by atoms with Crippen LogP contribution in [0.1, 0.15) is 25.7 Å². The van der Waals surface area contributed by atoms with Gasteiger partial charge in [0.2, 0.25) is 0 Å². The lowest BCUT2D eigenvalue weighted by Crippen LogP contribution is -2.47. The maximum Gasteiger partial charge on any atom is 0.186 e. The van der Waals surface area contributed by atoms with Crippen LogP contribution in [0.3, 0.4) is 0 Å². The monoisotopic (exact) mass is 335 g/mol. The molecule has 0 aliphatic carbocycles. The van der Waals surface area contributed by atoms with Gasteiger partial charge in [-0.15, -0.1) is 0 Å². The third-order valence-corrected chi connectivity index (χ3v) is 5.95. The van der Waals surface area contributed by atoms with Crippen molar-refractivity contribution in [1.29, 1.82) is 0 Å². The first-order valence-electron chi connectivity index (χ1n) is 8.43. The zero-order valence-corrected chi connectivity index (χ0v) is 13.9. The van der Waals surface area contributed by atoms with Gasteiger partial charge in [0.15, 0.2) is 5.13 Å². The minimum absolute atomic E-state index is 0.165. The molecule has 2 saturated heterocycles. The summed E-state index contributed by atoms with van der Waals surface area (Å²) in [6.45, 7) is 3.74. The summed E-state index contributed by atoms with van der Waals surface area (Å²) in [6, 6.07) is 6.31. The molecule has 0 bridgehead atoms. The molecule has 4 nitrogen and oxygen atoms in total. The van der Waals surface area contributed by atoms with Gasteiger partial charge in [-0.05, 0) is 37.8 Å². The van der Waals surface area contributed by atoms with E-state index in [1.165, 1.54) is 17.4 Å². The highest BCUT2D eigenvalue weighted by molar-refractivity contribution is 7.22. The third-order valence-electron chi connectivity index (χ3n) is 4.81. The highest BCUT2D eigenvalue weighted by Crippen LogP contribution is 2.32. The Hall–Kier alpha value is -1.24. The fourth-order valence-electron chi connectivity index (χ4n) is 3.47. The van der Waals surface area contributed by atoms with E-state index in [-0.39, 0.29) is 5.82 Å². The molecule has 23 heavy (non-hydrogen) atoms. The van der Waals surface area contributed by atoms with E-state index in [1.54, 1.807) is 6.07 Å². The van der Waals surface area contributed by atoms with Crippen LogP contribution >= 0.6 is 11.3 Å². The van der Waals surface area contributed by atoms with Gasteiger partial charge in [0.05, 0.1) is 10.2 Å². The molecule has 1 N–H and O–H groups in total. The fraction of sp³-hybridized carbons (Fsp3) is 0.588. The zero-order valence-electron chi connectivity index (χ0n) is 13.1. The molecule has 2 aromatic rings. The summed E-state index contributed by atoms with van der Waals surface area (Å²) < 4.78 is 19.9. The van der Waals surface area contributed by atoms with Crippen LogP contribution in [-0.4, -0.2) is 43.4 Å². The SMILES string of the molecule is Fc1cccc2nc(N3CCC(NC4CCOCC4)CC3)sc12. The van der Waals surface area contributed by atoms with Crippen molar-refractivity contribution in [3.05, 3.63) is 24.0 Å². The summed E-state index contributed by atoms with van der Waals surface area (Å²) in [5, 5.41) is 4.74. The van der Waals surface area contributed by atoms with Gasteiger partial charge in [-0.25, -0.2) is 9.37 Å². The molecule has 0 unspecified atom stereocenters. The van der Waals surface area contributed by atoms with Gasteiger partial charge >= 0.3 is 0 Å². The number of nitrogens with one attached hydrogen (secondary N) is 1. The lowest BCUT2D eigenvalue weighted by Gasteiger charge is -2.35. The molecule has 0 atom stereocenters. The van der Waals surface area contributed by atoms with Crippen molar-refractivity contribution >= 4 is 26.7 Å². The average molecular weight is 335 g/mol. The second-order valence-electron chi connectivity index (χ2n) is 6.40. The Morgan fingerprint density at radius 3 is 2.61 bits per heavy atom. The first kappa shape index (κ1) is 15.3. The Balaban J connectivity index is 1.37. The van der Waals surface area contributed by atoms with E-state index in [2.05, 4.69) is 15.2 Å². The molecule has 4 rings (SSSR count). The number of ether oxygens (including phenoxy) is 1. The van der Waals surface area contributed by atoms with Crippen molar-refractivity contribution in [1.82, 2.24) is 10.3 Å². The number of hydrogen-bond acceptors (Lipinski definition) is 5. The van der Waals surface area contributed by atoms with Crippen LogP contribution in [-0.2, 0) is 4.74 Å². The number of aromatic nitrogens is 1. The van der Waals surface area contributed by atoms with E-state index in [9.17, 15) is 4.39 Å². The van der Waals surface area contributed by atoms with Gasteiger partial charge in [-0.1, -0.05) is 17.4 Å². The largest absolute Gasteiger partial charge is 0.381 e. The second-order valence-corrected chi connectivity index (χ2v) is 7.38. The van der Waals surface area contributed by atoms with Gasteiger partial charge in [-0.2, -0.15) is 0 Å². The van der Waals surface area contributed by atoms with Crippen LogP contribution < -0.4 is 10.2 Å². The van der Waals surface area contributed by atoms with Crippen molar-refractivity contribution in [3.8, 4) is 0 Å². The Labute approximate surface area is 139 Å². The van der Waals surface area contributed by atoms with Crippen LogP contribution in [0, 0.1) is 5.82 Å². The van der Waals surface area contributed by atoms with Crippen molar-refractivity contribution in [3.63, 3.8) is 0 Å². The van der Waals surface area contributed by atoms with E-state index in [0.29, 0.717) is 16.8 Å². The quantitative estimate of drug-likeness (QED) is 0.935. The summed E-state index contributed by atoms with van der Waals surface area (Å²) >= 11 is 1.47. The molecule has 2 aliphatic rings. The standard InChI is InChI=1S/C17H22FN3OS/c18-14-2-1-3-15-16(14)23-17(20-15)21-8-4-12(5-9-21)19-13-6-10-22-11-7-13/h1-3,12-13,19H,4-11H2. The first-order chi connectivity index (χ1) is 11.3. The van der Waals surface area contributed by atoms with E-state index in [4.69, 9.17) is 4.74 Å². The number of hydrogen-bond donors (Lipinski definition) is 1. The van der Waals surface area contributed by atoms with Gasteiger partial charge in [-0.3, -0.25) is 0 Å². The highest BCUT2D eigenvalue weighted by Gasteiger charge is 2.24. The smallest absolute Gasteiger partial charge is 0.186 e. The number of rotatable bonds is 3. The average Bonchev–Trinajstić information content (AvgIpc) is 3.02. The summed E-state index contributed by atoms with van der Waals surface area (Å²) in [4.78, 5) is 6.90. The molecule has 0 amide bonds. The molecule has 124 valence electrons. The normalized spacial score (nSPS) is 21.2. The summed E-state index contributed by atoms with van der Waals surface area (Å²) in [7, 11) is 0. The maximum absolute atomic E-state index is 13.8. The Bertz CT molecular complexity index is 663. The minimum Gasteiger partial charge on any atom is -0.381 e. The topological polar surface area (TPSA) is 37.4 Å². The van der Waals surface area contributed by atoms with E-state index >= 15 is 0 Å². The number of halogens is 1. The third kappa shape index (κ3) is 3.34. The second kappa shape index (κ2) is 6.71. The van der Waals surface area contributed by atoms with Gasteiger partial charge in [0.1, 0.15) is 5.82 Å². The van der Waals surface area contributed by atoms with Crippen molar-refractivity contribution in [2.45, 2.75) is 37.8 Å². The molecule has 0 saturated carbocycles. The number of fused-ring (bicyclic) bond motifs is 1. The minimum atomic E-state index is -0.165. The van der Waals surface area contributed by atoms with Gasteiger partial charge < -0.3 is 15.0 Å². The number of benzene rings is 1. The van der Waals surface area contributed by atoms with Crippen molar-refractivity contribution < 1.29 is 9.13 Å². The molecule has 2 fully saturated rings. The Morgan fingerprint density at radius 2 is 1.87 bits per heavy atom. The fourth-order valence-corrected chi connectivity index (χ4v) is 4.50. The van der Waals surface area contributed by atoms with Crippen LogP contribution in [0.15, 0.2) is 18.2 Å². The molecule has 1 aromatic carbocycles. The van der Waals surface area contributed by atoms with E-state index in [1.807, 2.05) is 6.07 Å². The molecular formula is C17H22FN3OS.